The molecule has 0 aromatic rings. The molecule has 0 aromatic heterocycles. The standard InChI is InChI=1S/C6H10FN3O/c1-3-6(11)5(4-8-2)9-10-7/h3,8,10H,1,4H2,2H3/b9-5-. The van der Waals surface area contributed by atoms with E-state index < -0.39 is 5.78 Å². The van der Waals surface area contributed by atoms with E-state index in [2.05, 4.69) is 17.0 Å². The van der Waals surface area contributed by atoms with Crippen LogP contribution < -0.4 is 11.0 Å². The Balaban J connectivity index is 4.20. The van der Waals surface area contributed by atoms with Crippen LogP contribution in [0.25, 0.3) is 0 Å². The zero-order chi connectivity index (χ0) is 8.69. The molecule has 0 heterocycles. The van der Waals surface area contributed by atoms with Gasteiger partial charge < -0.3 is 5.32 Å². The van der Waals surface area contributed by atoms with Crippen LogP contribution in [0.2, 0.25) is 0 Å². The first kappa shape index (κ1) is 9.77. The Kier molecular flexibility index (Phi) is 4.93. The van der Waals surface area contributed by atoms with Gasteiger partial charge in [0.25, 0.3) is 0 Å². The van der Waals surface area contributed by atoms with Crippen LogP contribution in [-0.4, -0.2) is 25.1 Å². The summed E-state index contributed by atoms with van der Waals surface area (Å²) in [6.45, 7) is 3.45. The second-order valence-corrected chi connectivity index (χ2v) is 1.74. The van der Waals surface area contributed by atoms with E-state index in [0.29, 0.717) is 0 Å². The van der Waals surface area contributed by atoms with Crippen molar-refractivity contribution < 1.29 is 9.28 Å². The molecule has 0 unspecified atom stereocenters. The topological polar surface area (TPSA) is 53.5 Å². The Hall–Kier alpha value is -1.23. The fourth-order valence-corrected chi connectivity index (χ4v) is 0.518. The first-order chi connectivity index (χ1) is 5.26. The van der Waals surface area contributed by atoms with Crippen molar-refractivity contribution in [2.24, 2.45) is 5.10 Å². The van der Waals surface area contributed by atoms with Gasteiger partial charge in [-0.05, 0) is 13.1 Å². The van der Waals surface area contributed by atoms with Gasteiger partial charge >= 0.3 is 0 Å². The number of hydrogen-bond acceptors (Lipinski definition) is 4. The summed E-state index contributed by atoms with van der Waals surface area (Å²) in [5.74, 6) is -0.399. The molecule has 0 rings (SSSR count). The first-order valence-corrected chi connectivity index (χ1v) is 2.99. The van der Waals surface area contributed by atoms with Gasteiger partial charge in [0.05, 0.1) is 0 Å². The van der Waals surface area contributed by atoms with Crippen molar-refractivity contribution in [1.82, 2.24) is 11.0 Å². The molecule has 5 heteroatoms. The van der Waals surface area contributed by atoms with Crippen LogP contribution >= 0.6 is 0 Å². The highest BCUT2D eigenvalue weighted by Crippen LogP contribution is 1.80. The van der Waals surface area contributed by atoms with Crippen LogP contribution in [0.5, 0.6) is 0 Å². The molecule has 0 aliphatic carbocycles. The number of ketones is 1. The summed E-state index contributed by atoms with van der Waals surface area (Å²) in [6, 6.07) is 0. The number of hydrazone groups is 1. The zero-order valence-corrected chi connectivity index (χ0v) is 6.22. The molecule has 0 amide bonds. The molecule has 0 fully saturated rings. The smallest absolute Gasteiger partial charge is 0.202 e. The lowest BCUT2D eigenvalue weighted by Gasteiger charge is -1.98. The zero-order valence-electron chi connectivity index (χ0n) is 6.22. The summed E-state index contributed by atoms with van der Waals surface area (Å²) in [4.78, 5) is 10.8. The van der Waals surface area contributed by atoms with Crippen LogP contribution in [0.3, 0.4) is 0 Å². The number of allylic oxidation sites excluding steroid dienone is 1. The van der Waals surface area contributed by atoms with Crippen molar-refractivity contribution in [2.75, 3.05) is 13.6 Å². The third kappa shape index (κ3) is 3.47. The summed E-state index contributed by atoms with van der Waals surface area (Å²) in [6.07, 6.45) is 1.08. The van der Waals surface area contributed by atoms with Gasteiger partial charge in [-0.1, -0.05) is 11.1 Å². The molecule has 0 aliphatic heterocycles. The van der Waals surface area contributed by atoms with Crippen LogP contribution in [0, 0.1) is 0 Å². The van der Waals surface area contributed by atoms with E-state index in [9.17, 15) is 9.28 Å². The van der Waals surface area contributed by atoms with Crippen molar-refractivity contribution in [1.29, 1.82) is 0 Å². The number of nitrogens with zero attached hydrogens (tertiary/aromatic N) is 1. The second kappa shape index (κ2) is 5.55. The lowest BCUT2D eigenvalue weighted by atomic mass is 10.2. The number of hydrogen-bond donors (Lipinski definition) is 2. The number of carbonyl (C=O) groups excluding carboxylic acids is 1. The molecule has 62 valence electrons. The van der Waals surface area contributed by atoms with Gasteiger partial charge in [-0.2, -0.15) is 0 Å². The molecule has 0 aliphatic rings. The molecule has 0 aromatic carbocycles. The summed E-state index contributed by atoms with van der Waals surface area (Å²) < 4.78 is 11.4. The summed E-state index contributed by atoms with van der Waals surface area (Å²) in [7, 11) is 1.63. The van der Waals surface area contributed by atoms with E-state index >= 15 is 0 Å². The predicted octanol–water partition coefficient (Wildman–Crippen LogP) is -0.209. The third-order valence-corrected chi connectivity index (χ3v) is 0.991. The molecule has 0 radical (unpaired) electrons. The lowest BCUT2D eigenvalue weighted by molar-refractivity contribution is -0.109. The minimum absolute atomic E-state index is 0.0602. The van der Waals surface area contributed by atoms with E-state index in [1.807, 2.05) is 0 Å². The Labute approximate surface area is 64.1 Å². The van der Waals surface area contributed by atoms with Gasteiger partial charge in [0.15, 0.2) is 0 Å². The normalized spacial score (nSPS) is 10.9. The van der Waals surface area contributed by atoms with Crippen LogP contribution in [0.4, 0.5) is 4.48 Å². The number of nitrogens with one attached hydrogen (secondary N) is 2. The minimum atomic E-state index is -0.399. The third-order valence-electron chi connectivity index (χ3n) is 0.991. The largest absolute Gasteiger partial charge is 0.314 e. The Morgan fingerprint density at radius 3 is 2.82 bits per heavy atom. The molecule has 0 bridgehead atoms. The highest BCUT2D eigenvalue weighted by molar-refractivity contribution is 6.44. The maximum atomic E-state index is 11.4. The predicted molar refractivity (Wildman–Crippen MR) is 40.8 cm³/mol. The summed E-state index contributed by atoms with van der Waals surface area (Å²) in [5, 5.41) is 5.76. The summed E-state index contributed by atoms with van der Waals surface area (Å²) in [5.41, 5.74) is 1.11. The fourth-order valence-electron chi connectivity index (χ4n) is 0.518. The van der Waals surface area contributed by atoms with Crippen molar-refractivity contribution >= 4 is 11.5 Å². The van der Waals surface area contributed by atoms with Crippen molar-refractivity contribution in [2.45, 2.75) is 0 Å². The van der Waals surface area contributed by atoms with E-state index in [1.165, 1.54) is 0 Å². The molecular weight excluding hydrogens is 149 g/mol. The van der Waals surface area contributed by atoms with E-state index in [0.717, 1.165) is 11.7 Å². The molecule has 0 atom stereocenters. The molecule has 0 saturated heterocycles. The highest BCUT2D eigenvalue weighted by atomic mass is 19.2. The van der Waals surface area contributed by atoms with E-state index in [4.69, 9.17) is 0 Å². The lowest BCUT2D eigenvalue weighted by Crippen LogP contribution is -2.26. The van der Waals surface area contributed by atoms with Crippen molar-refractivity contribution in [3.63, 3.8) is 0 Å². The monoisotopic (exact) mass is 159 g/mol. The highest BCUT2D eigenvalue weighted by Gasteiger charge is 2.05. The van der Waals surface area contributed by atoms with Crippen LogP contribution in [0.1, 0.15) is 0 Å². The Morgan fingerprint density at radius 2 is 2.45 bits per heavy atom. The van der Waals surface area contributed by atoms with Crippen LogP contribution in [0.15, 0.2) is 17.8 Å². The van der Waals surface area contributed by atoms with E-state index in [-0.39, 0.29) is 12.3 Å². The van der Waals surface area contributed by atoms with Gasteiger partial charge in [0.2, 0.25) is 5.78 Å². The SMILES string of the molecule is C=CC(=O)/C(CNC)=N\NF. The molecule has 0 saturated carbocycles. The Morgan fingerprint density at radius 1 is 1.82 bits per heavy atom. The second-order valence-electron chi connectivity index (χ2n) is 1.74. The van der Waals surface area contributed by atoms with Gasteiger partial charge in [-0.25, -0.2) is 0 Å². The molecule has 11 heavy (non-hydrogen) atoms. The average Bonchev–Trinajstić information content (AvgIpc) is 2.03. The van der Waals surface area contributed by atoms with Gasteiger partial charge in [0, 0.05) is 6.54 Å². The van der Waals surface area contributed by atoms with Crippen molar-refractivity contribution in [3.8, 4) is 0 Å². The van der Waals surface area contributed by atoms with Crippen LogP contribution in [-0.2, 0) is 4.79 Å². The molecular formula is C6H10FN3O. The molecule has 4 nitrogen and oxygen atoms in total. The fraction of sp³-hybridized carbons (Fsp3) is 0.333. The van der Waals surface area contributed by atoms with Crippen molar-refractivity contribution in [3.05, 3.63) is 12.7 Å². The Bertz CT molecular complexity index is 179. The van der Waals surface area contributed by atoms with Gasteiger partial charge in [-0.15, -0.1) is 10.7 Å². The van der Waals surface area contributed by atoms with E-state index in [1.54, 1.807) is 7.05 Å². The molecule has 2 N–H and O–H groups in total. The maximum Gasteiger partial charge on any atom is 0.202 e. The first-order valence-electron chi connectivity index (χ1n) is 2.99. The number of halogens is 1. The quantitative estimate of drug-likeness (QED) is 0.252. The molecule has 0 spiro atoms. The number of carbonyl (C=O) groups is 1. The van der Waals surface area contributed by atoms with Gasteiger partial charge in [0.1, 0.15) is 5.71 Å². The maximum absolute atomic E-state index is 11.4. The number of rotatable bonds is 5. The summed E-state index contributed by atoms with van der Waals surface area (Å²) >= 11 is 0. The average molecular weight is 159 g/mol. The van der Waals surface area contributed by atoms with Gasteiger partial charge in [-0.3, -0.25) is 4.79 Å². The minimum Gasteiger partial charge on any atom is -0.314 e.